The molecule has 0 aliphatic heterocycles. The van der Waals surface area contributed by atoms with Crippen LogP contribution in [0.15, 0.2) is 18.2 Å². The maximum atomic E-state index is 13.5. The molecule has 0 aliphatic rings. The minimum absolute atomic E-state index is 0.211. The number of benzene rings is 1. The van der Waals surface area contributed by atoms with Gasteiger partial charge in [-0.2, -0.15) is 0 Å². The van der Waals surface area contributed by atoms with E-state index in [2.05, 4.69) is 32.6 Å². The van der Waals surface area contributed by atoms with Crippen LogP contribution in [0.4, 0.5) is 10.1 Å². The van der Waals surface area contributed by atoms with Gasteiger partial charge in [0.05, 0.1) is 0 Å². The number of nitrogens with two attached hydrogens (primary N) is 1. The highest BCUT2D eigenvalue weighted by molar-refractivity contribution is 5.50. The molecule has 0 saturated heterocycles. The van der Waals surface area contributed by atoms with Crippen LogP contribution < -0.4 is 10.6 Å². The molecule has 0 spiro atoms. The first-order valence-corrected chi connectivity index (χ1v) is 6.20. The van der Waals surface area contributed by atoms with E-state index in [0.717, 1.165) is 17.8 Å². The lowest BCUT2D eigenvalue weighted by atomic mass is 10.1. The predicted octanol–water partition coefficient (Wildman–Crippen LogP) is 3.16. The molecular formula is C14H23FN2. The van der Waals surface area contributed by atoms with E-state index in [1.54, 1.807) is 6.07 Å². The van der Waals surface area contributed by atoms with E-state index in [4.69, 9.17) is 5.73 Å². The fourth-order valence-corrected chi connectivity index (χ4v) is 1.92. The van der Waals surface area contributed by atoms with Crippen LogP contribution in [-0.4, -0.2) is 12.6 Å². The molecule has 0 unspecified atom stereocenters. The van der Waals surface area contributed by atoms with Gasteiger partial charge in [0.1, 0.15) is 5.82 Å². The summed E-state index contributed by atoms with van der Waals surface area (Å²) in [5.41, 5.74) is 7.35. The van der Waals surface area contributed by atoms with Gasteiger partial charge in [-0.3, -0.25) is 0 Å². The van der Waals surface area contributed by atoms with Crippen molar-refractivity contribution in [2.24, 2.45) is 11.7 Å². The number of halogens is 1. The van der Waals surface area contributed by atoms with Gasteiger partial charge in [0.2, 0.25) is 0 Å². The third-order valence-corrected chi connectivity index (χ3v) is 2.69. The van der Waals surface area contributed by atoms with Crippen molar-refractivity contribution < 1.29 is 4.39 Å². The monoisotopic (exact) mass is 238 g/mol. The SMILES string of the molecule is CC(C)CN(c1cc(F)cc(CN)c1)C(C)C. The number of rotatable bonds is 5. The Morgan fingerprint density at radius 1 is 1.18 bits per heavy atom. The predicted molar refractivity (Wildman–Crippen MR) is 71.6 cm³/mol. The number of hydrogen-bond acceptors (Lipinski definition) is 2. The second-order valence-corrected chi connectivity index (χ2v) is 5.16. The van der Waals surface area contributed by atoms with Crippen molar-refractivity contribution >= 4 is 5.69 Å². The Morgan fingerprint density at radius 2 is 1.82 bits per heavy atom. The zero-order chi connectivity index (χ0) is 13.0. The molecule has 17 heavy (non-hydrogen) atoms. The third kappa shape index (κ3) is 4.00. The number of anilines is 1. The summed E-state index contributed by atoms with van der Waals surface area (Å²) in [6.45, 7) is 9.87. The smallest absolute Gasteiger partial charge is 0.125 e. The number of hydrogen-bond donors (Lipinski definition) is 1. The molecule has 0 bridgehead atoms. The van der Waals surface area contributed by atoms with Crippen LogP contribution in [0.5, 0.6) is 0 Å². The summed E-state index contributed by atoms with van der Waals surface area (Å²) in [4.78, 5) is 2.22. The number of nitrogens with zero attached hydrogens (tertiary/aromatic N) is 1. The molecule has 2 N–H and O–H groups in total. The molecule has 0 aliphatic carbocycles. The van der Waals surface area contributed by atoms with Crippen LogP contribution in [0.3, 0.4) is 0 Å². The molecule has 0 amide bonds. The Morgan fingerprint density at radius 3 is 2.29 bits per heavy atom. The maximum absolute atomic E-state index is 13.5. The first kappa shape index (κ1) is 14.0. The second kappa shape index (κ2) is 6.01. The highest BCUT2D eigenvalue weighted by Crippen LogP contribution is 2.22. The molecule has 3 heteroatoms. The van der Waals surface area contributed by atoms with Crippen LogP contribution in [0.1, 0.15) is 33.3 Å². The fraction of sp³-hybridized carbons (Fsp3) is 0.571. The highest BCUT2D eigenvalue weighted by Gasteiger charge is 2.13. The third-order valence-electron chi connectivity index (χ3n) is 2.69. The molecule has 0 fully saturated rings. The first-order chi connectivity index (χ1) is 7.93. The lowest BCUT2D eigenvalue weighted by molar-refractivity contribution is 0.567. The van der Waals surface area contributed by atoms with E-state index in [1.165, 1.54) is 6.07 Å². The van der Waals surface area contributed by atoms with Gasteiger partial charge in [0.25, 0.3) is 0 Å². The van der Waals surface area contributed by atoms with Crippen LogP contribution in [0.2, 0.25) is 0 Å². The largest absolute Gasteiger partial charge is 0.369 e. The average Bonchev–Trinajstić information content (AvgIpc) is 2.24. The lowest BCUT2D eigenvalue weighted by Crippen LogP contribution is -2.34. The zero-order valence-corrected chi connectivity index (χ0v) is 11.2. The molecule has 0 saturated carbocycles. The maximum Gasteiger partial charge on any atom is 0.125 e. The molecule has 2 nitrogen and oxygen atoms in total. The summed E-state index contributed by atoms with van der Waals surface area (Å²) < 4.78 is 13.5. The van der Waals surface area contributed by atoms with E-state index >= 15 is 0 Å². The van der Waals surface area contributed by atoms with E-state index in [9.17, 15) is 4.39 Å². The molecule has 96 valence electrons. The Hall–Kier alpha value is -1.09. The topological polar surface area (TPSA) is 29.3 Å². The van der Waals surface area contributed by atoms with Crippen LogP contribution in [-0.2, 0) is 6.54 Å². The molecule has 1 aromatic carbocycles. The van der Waals surface area contributed by atoms with E-state index in [0.29, 0.717) is 18.5 Å². The van der Waals surface area contributed by atoms with E-state index in [1.807, 2.05) is 6.07 Å². The molecule has 0 heterocycles. The molecule has 0 aromatic heterocycles. The first-order valence-electron chi connectivity index (χ1n) is 6.20. The Balaban J connectivity index is 3.04. The van der Waals surface area contributed by atoms with Crippen molar-refractivity contribution in [1.82, 2.24) is 0 Å². The lowest BCUT2D eigenvalue weighted by Gasteiger charge is -2.31. The van der Waals surface area contributed by atoms with Crippen molar-refractivity contribution in [3.63, 3.8) is 0 Å². The standard InChI is InChI=1S/C14H23FN2/c1-10(2)9-17(11(3)4)14-6-12(8-16)5-13(15)7-14/h5-7,10-11H,8-9,16H2,1-4H3. The highest BCUT2D eigenvalue weighted by atomic mass is 19.1. The van der Waals surface area contributed by atoms with Gasteiger partial charge in [-0.1, -0.05) is 13.8 Å². The van der Waals surface area contributed by atoms with Gasteiger partial charge in [-0.05, 0) is 43.5 Å². The summed E-state index contributed by atoms with van der Waals surface area (Å²) in [6, 6.07) is 5.41. The van der Waals surface area contributed by atoms with Gasteiger partial charge in [0, 0.05) is 24.8 Å². The minimum Gasteiger partial charge on any atom is -0.369 e. The van der Waals surface area contributed by atoms with Crippen molar-refractivity contribution in [3.8, 4) is 0 Å². The van der Waals surface area contributed by atoms with Crippen LogP contribution in [0.25, 0.3) is 0 Å². The Bertz CT molecular complexity index is 361. The zero-order valence-electron chi connectivity index (χ0n) is 11.2. The minimum atomic E-state index is -0.211. The quantitative estimate of drug-likeness (QED) is 0.853. The average molecular weight is 238 g/mol. The van der Waals surface area contributed by atoms with Crippen molar-refractivity contribution in [3.05, 3.63) is 29.6 Å². The summed E-state index contributed by atoms with van der Waals surface area (Å²) in [7, 11) is 0. The normalized spacial score (nSPS) is 11.3. The van der Waals surface area contributed by atoms with Gasteiger partial charge in [-0.25, -0.2) is 4.39 Å². The molecule has 1 aromatic rings. The molecule has 0 atom stereocenters. The summed E-state index contributed by atoms with van der Waals surface area (Å²) in [5, 5.41) is 0. The summed E-state index contributed by atoms with van der Waals surface area (Å²) in [5.74, 6) is 0.333. The fourth-order valence-electron chi connectivity index (χ4n) is 1.92. The molecular weight excluding hydrogens is 215 g/mol. The van der Waals surface area contributed by atoms with Gasteiger partial charge < -0.3 is 10.6 Å². The van der Waals surface area contributed by atoms with Crippen molar-refractivity contribution in [2.45, 2.75) is 40.3 Å². The molecule has 0 radical (unpaired) electrons. The van der Waals surface area contributed by atoms with E-state index < -0.39 is 0 Å². The summed E-state index contributed by atoms with van der Waals surface area (Å²) >= 11 is 0. The van der Waals surface area contributed by atoms with Crippen molar-refractivity contribution in [2.75, 3.05) is 11.4 Å². The van der Waals surface area contributed by atoms with Gasteiger partial charge >= 0.3 is 0 Å². The van der Waals surface area contributed by atoms with Crippen LogP contribution >= 0.6 is 0 Å². The van der Waals surface area contributed by atoms with Gasteiger partial charge in [-0.15, -0.1) is 0 Å². The van der Waals surface area contributed by atoms with Gasteiger partial charge in [0.15, 0.2) is 0 Å². The Labute approximate surface area is 104 Å². The van der Waals surface area contributed by atoms with E-state index in [-0.39, 0.29) is 5.82 Å². The molecule has 1 rings (SSSR count). The Kier molecular flexibility index (Phi) is 4.94. The second-order valence-electron chi connectivity index (χ2n) is 5.16. The summed E-state index contributed by atoms with van der Waals surface area (Å²) in [6.07, 6.45) is 0. The van der Waals surface area contributed by atoms with Crippen LogP contribution in [0, 0.1) is 11.7 Å². The van der Waals surface area contributed by atoms with Crippen molar-refractivity contribution in [1.29, 1.82) is 0 Å².